The van der Waals surface area contributed by atoms with Gasteiger partial charge in [-0.15, -0.1) is 0 Å². The van der Waals surface area contributed by atoms with Gasteiger partial charge in [0.1, 0.15) is 11.5 Å². The Balaban J connectivity index is 1.36. The van der Waals surface area contributed by atoms with Gasteiger partial charge in [0.05, 0.1) is 5.92 Å². The predicted molar refractivity (Wildman–Crippen MR) is 137 cm³/mol. The molecule has 4 rings (SSSR count). The average molecular weight is 457 g/mol. The number of carbonyl (C=O) groups excluding carboxylic acids is 2. The zero-order chi connectivity index (χ0) is 24.5. The summed E-state index contributed by atoms with van der Waals surface area (Å²) in [4.78, 5) is 27.2. The lowest BCUT2D eigenvalue weighted by Gasteiger charge is -2.20. The standard InChI is InChI=1S/C29H32N2O3/c1-19-7-6-8-26(20(19)2)31-18-21(17-27(31)32)28(33)30-23-11-15-25(16-12-23)34-24-13-9-22(10-14-24)29(3,4)5/h6-16,21H,17-18H2,1-5H3,(H,30,33)/t21-/m0/s1. The third-order valence-corrected chi connectivity index (χ3v) is 6.44. The van der Waals surface area contributed by atoms with Crippen LogP contribution >= 0.6 is 0 Å². The normalized spacial score (nSPS) is 16.0. The van der Waals surface area contributed by atoms with Gasteiger partial charge in [-0.25, -0.2) is 0 Å². The minimum atomic E-state index is -0.385. The molecular formula is C29H32N2O3. The topological polar surface area (TPSA) is 58.6 Å². The third kappa shape index (κ3) is 5.14. The highest BCUT2D eigenvalue weighted by molar-refractivity contribution is 6.03. The Hall–Kier alpha value is -3.60. The van der Waals surface area contributed by atoms with Crippen molar-refractivity contribution in [3.8, 4) is 11.5 Å². The fraction of sp³-hybridized carbons (Fsp3) is 0.310. The summed E-state index contributed by atoms with van der Waals surface area (Å²) >= 11 is 0. The molecule has 0 bridgehead atoms. The van der Waals surface area contributed by atoms with Crippen molar-refractivity contribution in [1.29, 1.82) is 0 Å². The fourth-order valence-electron chi connectivity index (χ4n) is 4.15. The van der Waals surface area contributed by atoms with E-state index in [1.807, 2.05) is 68.4 Å². The van der Waals surface area contributed by atoms with E-state index in [9.17, 15) is 9.59 Å². The number of nitrogens with zero attached hydrogens (tertiary/aromatic N) is 1. The lowest BCUT2D eigenvalue weighted by molar-refractivity contribution is -0.122. The van der Waals surface area contributed by atoms with Crippen molar-refractivity contribution in [2.24, 2.45) is 5.92 Å². The molecule has 0 unspecified atom stereocenters. The minimum absolute atomic E-state index is 0.0184. The Morgan fingerprint density at radius 3 is 2.18 bits per heavy atom. The van der Waals surface area contributed by atoms with Crippen LogP contribution in [0.25, 0.3) is 0 Å². The molecule has 1 saturated heterocycles. The second-order valence-electron chi connectivity index (χ2n) is 10.0. The second kappa shape index (κ2) is 9.34. The van der Waals surface area contributed by atoms with E-state index in [1.165, 1.54) is 5.56 Å². The van der Waals surface area contributed by atoms with Crippen molar-refractivity contribution in [3.05, 3.63) is 83.4 Å². The smallest absolute Gasteiger partial charge is 0.229 e. The van der Waals surface area contributed by atoms with Crippen molar-refractivity contribution in [3.63, 3.8) is 0 Å². The van der Waals surface area contributed by atoms with Gasteiger partial charge >= 0.3 is 0 Å². The SMILES string of the molecule is Cc1cccc(N2C[C@@H](C(=O)Nc3ccc(Oc4ccc(C(C)(C)C)cc4)cc3)CC2=O)c1C. The van der Waals surface area contributed by atoms with Crippen LogP contribution < -0.4 is 15.0 Å². The highest BCUT2D eigenvalue weighted by Gasteiger charge is 2.35. The molecule has 176 valence electrons. The van der Waals surface area contributed by atoms with Gasteiger partial charge in [-0.05, 0) is 78.4 Å². The third-order valence-electron chi connectivity index (χ3n) is 6.44. The van der Waals surface area contributed by atoms with Gasteiger partial charge in [-0.3, -0.25) is 9.59 Å². The maximum atomic E-state index is 12.9. The van der Waals surface area contributed by atoms with E-state index in [4.69, 9.17) is 4.74 Å². The van der Waals surface area contributed by atoms with Gasteiger partial charge in [0.15, 0.2) is 0 Å². The van der Waals surface area contributed by atoms with Crippen molar-refractivity contribution in [2.75, 3.05) is 16.8 Å². The molecule has 2 amide bonds. The van der Waals surface area contributed by atoms with E-state index in [1.54, 1.807) is 4.90 Å². The molecule has 0 aromatic heterocycles. The van der Waals surface area contributed by atoms with Gasteiger partial charge in [-0.2, -0.15) is 0 Å². The summed E-state index contributed by atoms with van der Waals surface area (Å²) in [7, 11) is 0. The monoisotopic (exact) mass is 456 g/mol. The number of anilines is 2. The van der Waals surface area contributed by atoms with Gasteiger partial charge in [0.2, 0.25) is 11.8 Å². The van der Waals surface area contributed by atoms with Gasteiger partial charge in [0.25, 0.3) is 0 Å². The number of ether oxygens (including phenoxy) is 1. The molecule has 1 atom stereocenters. The molecule has 0 aliphatic carbocycles. The number of hydrogen-bond acceptors (Lipinski definition) is 3. The number of aryl methyl sites for hydroxylation is 1. The maximum Gasteiger partial charge on any atom is 0.229 e. The molecular weight excluding hydrogens is 424 g/mol. The van der Waals surface area contributed by atoms with Crippen molar-refractivity contribution >= 4 is 23.2 Å². The summed E-state index contributed by atoms with van der Waals surface area (Å²) < 4.78 is 5.94. The molecule has 1 aliphatic rings. The van der Waals surface area contributed by atoms with Crippen LogP contribution in [0.1, 0.15) is 43.9 Å². The molecule has 1 aliphatic heterocycles. The highest BCUT2D eigenvalue weighted by atomic mass is 16.5. The van der Waals surface area contributed by atoms with Crippen LogP contribution in [0.5, 0.6) is 11.5 Å². The second-order valence-corrected chi connectivity index (χ2v) is 10.0. The Morgan fingerprint density at radius 1 is 0.941 bits per heavy atom. The summed E-state index contributed by atoms with van der Waals surface area (Å²) in [5.41, 5.74) is 5.11. The Labute approximate surface area is 201 Å². The van der Waals surface area contributed by atoms with Crippen LogP contribution in [0.2, 0.25) is 0 Å². The van der Waals surface area contributed by atoms with E-state index in [0.29, 0.717) is 18.0 Å². The zero-order valence-corrected chi connectivity index (χ0v) is 20.5. The Morgan fingerprint density at radius 2 is 1.56 bits per heavy atom. The van der Waals surface area contributed by atoms with Crippen LogP contribution in [0, 0.1) is 19.8 Å². The van der Waals surface area contributed by atoms with Crippen LogP contribution in [0.3, 0.4) is 0 Å². The van der Waals surface area contributed by atoms with Crippen molar-refractivity contribution in [1.82, 2.24) is 0 Å². The molecule has 1 N–H and O–H groups in total. The number of amides is 2. The number of rotatable bonds is 5. The highest BCUT2D eigenvalue weighted by Crippen LogP contribution is 2.31. The van der Waals surface area contributed by atoms with Gasteiger partial charge in [-0.1, -0.05) is 45.0 Å². The lowest BCUT2D eigenvalue weighted by atomic mass is 9.87. The van der Waals surface area contributed by atoms with Gasteiger partial charge < -0.3 is 15.0 Å². The number of benzene rings is 3. The molecule has 0 radical (unpaired) electrons. The summed E-state index contributed by atoms with van der Waals surface area (Å²) in [5, 5.41) is 2.94. The largest absolute Gasteiger partial charge is 0.457 e. The van der Waals surface area contributed by atoms with Crippen molar-refractivity contribution in [2.45, 2.75) is 46.5 Å². The minimum Gasteiger partial charge on any atom is -0.457 e. The predicted octanol–water partition coefficient (Wildman–Crippen LogP) is 6.38. The van der Waals surface area contributed by atoms with E-state index in [0.717, 1.165) is 22.6 Å². The molecule has 5 nitrogen and oxygen atoms in total. The number of carbonyl (C=O) groups is 2. The first kappa shape index (κ1) is 23.6. The summed E-state index contributed by atoms with van der Waals surface area (Å²) in [6, 6.07) is 21.3. The quantitative estimate of drug-likeness (QED) is 0.484. The molecule has 34 heavy (non-hydrogen) atoms. The maximum absolute atomic E-state index is 12.9. The molecule has 0 saturated carbocycles. The fourth-order valence-corrected chi connectivity index (χ4v) is 4.15. The molecule has 3 aromatic rings. The molecule has 1 heterocycles. The summed E-state index contributed by atoms with van der Waals surface area (Å²) in [6.07, 6.45) is 0.213. The van der Waals surface area contributed by atoms with E-state index in [2.05, 4.69) is 38.2 Å². The number of nitrogens with one attached hydrogen (secondary N) is 1. The molecule has 5 heteroatoms. The summed E-state index contributed by atoms with van der Waals surface area (Å²) in [6.45, 7) is 11.0. The molecule has 3 aromatic carbocycles. The van der Waals surface area contributed by atoms with Crippen LogP contribution in [-0.4, -0.2) is 18.4 Å². The molecule has 1 fully saturated rings. The number of hydrogen-bond donors (Lipinski definition) is 1. The Bertz CT molecular complexity index is 1190. The zero-order valence-electron chi connectivity index (χ0n) is 20.5. The van der Waals surface area contributed by atoms with Gasteiger partial charge in [0, 0.05) is 24.3 Å². The Kier molecular flexibility index (Phi) is 6.47. The molecule has 0 spiro atoms. The van der Waals surface area contributed by atoms with Crippen LogP contribution in [-0.2, 0) is 15.0 Å². The average Bonchev–Trinajstić information content (AvgIpc) is 3.18. The first-order chi connectivity index (χ1) is 16.1. The van der Waals surface area contributed by atoms with Crippen LogP contribution in [0.15, 0.2) is 66.7 Å². The first-order valence-electron chi connectivity index (χ1n) is 11.7. The van der Waals surface area contributed by atoms with E-state index >= 15 is 0 Å². The van der Waals surface area contributed by atoms with Crippen LogP contribution in [0.4, 0.5) is 11.4 Å². The lowest BCUT2D eigenvalue weighted by Crippen LogP contribution is -2.28. The first-order valence-corrected chi connectivity index (χ1v) is 11.7. The van der Waals surface area contributed by atoms with E-state index < -0.39 is 0 Å². The van der Waals surface area contributed by atoms with Crippen molar-refractivity contribution < 1.29 is 14.3 Å². The summed E-state index contributed by atoms with van der Waals surface area (Å²) in [5.74, 6) is 0.909. The van der Waals surface area contributed by atoms with E-state index in [-0.39, 0.29) is 29.6 Å².